The Morgan fingerprint density at radius 3 is 2.35 bits per heavy atom. The Labute approximate surface area is 158 Å². The van der Waals surface area contributed by atoms with Crippen LogP contribution in [0.5, 0.6) is 11.5 Å². The summed E-state index contributed by atoms with van der Waals surface area (Å²) in [5.41, 5.74) is 12.2. The molecule has 1 aliphatic carbocycles. The third kappa shape index (κ3) is 4.74. The predicted molar refractivity (Wildman–Crippen MR) is 103 cm³/mol. The van der Waals surface area contributed by atoms with Gasteiger partial charge in [0.25, 0.3) is 5.91 Å². The van der Waals surface area contributed by atoms with Gasteiger partial charge in [0.05, 0.1) is 5.56 Å². The number of carbonyl (C=O) groups excluding carboxylic acids is 2. The fourth-order valence-electron chi connectivity index (χ4n) is 2.99. The van der Waals surface area contributed by atoms with E-state index < -0.39 is 5.91 Å². The number of benzene rings is 2. The van der Waals surface area contributed by atoms with E-state index in [-0.39, 0.29) is 30.3 Å². The van der Waals surface area contributed by atoms with Crippen molar-refractivity contribution in [3.05, 3.63) is 54.1 Å². The van der Waals surface area contributed by atoms with Gasteiger partial charge < -0.3 is 21.5 Å². The molecule has 2 aromatic carbocycles. The van der Waals surface area contributed by atoms with E-state index in [1.165, 1.54) is 0 Å². The number of anilines is 1. The van der Waals surface area contributed by atoms with Gasteiger partial charge in [-0.05, 0) is 55.7 Å². The molecule has 3 rings (SSSR count). The first kappa shape index (κ1) is 19.8. The van der Waals surface area contributed by atoms with Crippen molar-refractivity contribution in [2.45, 2.75) is 25.3 Å². The SMILES string of the molecule is Cl.NC(=O)c1ccccc1Oc1ccc(NC(=O)C2CCC(N)C2)cc1. The Kier molecular flexibility index (Phi) is 6.60. The molecule has 0 radical (unpaired) electrons. The normalized spacial score (nSPS) is 18.7. The van der Waals surface area contributed by atoms with Gasteiger partial charge in [-0.15, -0.1) is 12.4 Å². The minimum atomic E-state index is -0.547. The molecule has 0 bridgehead atoms. The van der Waals surface area contributed by atoms with E-state index in [0.29, 0.717) is 22.7 Å². The van der Waals surface area contributed by atoms with Gasteiger partial charge in [0.15, 0.2) is 0 Å². The van der Waals surface area contributed by atoms with Crippen LogP contribution in [0.25, 0.3) is 0 Å². The molecule has 0 aliphatic heterocycles. The first-order chi connectivity index (χ1) is 12.0. The molecule has 2 amide bonds. The molecule has 1 fully saturated rings. The summed E-state index contributed by atoms with van der Waals surface area (Å²) in [5.74, 6) is 0.379. The van der Waals surface area contributed by atoms with E-state index >= 15 is 0 Å². The number of nitrogens with one attached hydrogen (secondary N) is 1. The van der Waals surface area contributed by atoms with Gasteiger partial charge in [0, 0.05) is 17.6 Å². The molecule has 138 valence electrons. The molecule has 1 saturated carbocycles. The van der Waals surface area contributed by atoms with Crippen molar-refractivity contribution < 1.29 is 14.3 Å². The Bertz CT molecular complexity index is 780. The maximum absolute atomic E-state index is 12.2. The lowest BCUT2D eigenvalue weighted by Crippen LogP contribution is -2.23. The number of halogens is 1. The highest BCUT2D eigenvalue weighted by Crippen LogP contribution is 2.28. The molecule has 0 saturated heterocycles. The maximum Gasteiger partial charge on any atom is 0.252 e. The van der Waals surface area contributed by atoms with Crippen LogP contribution in [0.15, 0.2) is 48.5 Å². The maximum atomic E-state index is 12.2. The molecule has 0 heterocycles. The molecule has 0 spiro atoms. The van der Waals surface area contributed by atoms with Crippen molar-refractivity contribution in [2.24, 2.45) is 17.4 Å². The Balaban J connectivity index is 0.00000243. The van der Waals surface area contributed by atoms with Crippen molar-refractivity contribution in [2.75, 3.05) is 5.32 Å². The highest BCUT2D eigenvalue weighted by Gasteiger charge is 2.27. The van der Waals surface area contributed by atoms with Crippen molar-refractivity contribution in [3.8, 4) is 11.5 Å². The Morgan fingerprint density at radius 2 is 1.73 bits per heavy atom. The number of hydrogen-bond acceptors (Lipinski definition) is 4. The fraction of sp³-hybridized carbons (Fsp3) is 0.263. The van der Waals surface area contributed by atoms with Crippen LogP contribution in [0.1, 0.15) is 29.6 Å². The van der Waals surface area contributed by atoms with Crippen LogP contribution in [0.3, 0.4) is 0 Å². The highest BCUT2D eigenvalue weighted by molar-refractivity contribution is 5.95. The third-order valence-electron chi connectivity index (χ3n) is 4.35. The first-order valence-corrected chi connectivity index (χ1v) is 8.26. The molecule has 2 unspecified atom stereocenters. The minimum absolute atomic E-state index is 0. The van der Waals surface area contributed by atoms with Gasteiger partial charge >= 0.3 is 0 Å². The molecule has 0 aromatic heterocycles. The molecular formula is C19H22ClN3O3. The van der Waals surface area contributed by atoms with Gasteiger partial charge in [-0.25, -0.2) is 0 Å². The lowest BCUT2D eigenvalue weighted by molar-refractivity contribution is -0.119. The highest BCUT2D eigenvalue weighted by atomic mass is 35.5. The van der Waals surface area contributed by atoms with E-state index in [4.69, 9.17) is 16.2 Å². The van der Waals surface area contributed by atoms with Gasteiger partial charge in [-0.1, -0.05) is 12.1 Å². The number of para-hydroxylation sites is 1. The monoisotopic (exact) mass is 375 g/mol. The summed E-state index contributed by atoms with van der Waals surface area (Å²) in [6.45, 7) is 0. The zero-order chi connectivity index (χ0) is 17.8. The second-order valence-corrected chi connectivity index (χ2v) is 6.25. The summed E-state index contributed by atoms with van der Waals surface area (Å²) in [4.78, 5) is 23.6. The van der Waals surface area contributed by atoms with E-state index in [0.717, 1.165) is 19.3 Å². The number of amides is 2. The summed E-state index contributed by atoms with van der Waals surface area (Å²) < 4.78 is 5.71. The average Bonchev–Trinajstić information content (AvgIpc) is 3.03. The lowest BCUT2D eigenvalue weighted by Gasteiger charge is -2.12. The number of rotatable bonds is 5. The van der Waals surface area contributed by atoms with Gasteiger partial charge in [0.1, 0.15) is 11.5 Å². The number of primary amides is 1. The van der Waals surface area contributed by atoms with E-state index in [9.17, 15) is 9.59 Å². The van der Waals surface area contributed by atoms with Crippen LogP contribution >= 0.6 is 12.4 Å². The lowest BCUT2D eigenvalue weighted by atomic mass is 10.1. The van der Waals surface area contributed by atoms with Crippen LogP contribution in [-0.2, 0) is 4.79 Å². The summed E-state index contributed by atoms with van der Waals surface area (Å²) in [6, 6.07) is 13.9. The van der Waals surface area contributed by atoms with Gasteiger partial charge in [-0.2, -0.15) is 0 Å². The van der Waals surface area contributed by atoms with Crippen LogP contribution in [-0.4, -0.2) is 17.9 Å². The molecule has 2 aromatic rings. The van der Waals surface area contributed by atoms with E-state index in [1.807, 2.05) is 0 Å². The fourth-order valence-corrected chi connectivity index (χ4v) is 2.99. The Hall–Kier alpha value is -2.57. The average molecular weight is 376 g/mol. The molecular weight excluding hydrogens is 354 g/mol. The second kappa shape index (κ2) is 8.69. The quantitative estimate of drug-likeness (QED) is 0.746. The molecule has 2 atom stereocenters. The number of hydrogen-bond donors (Lipinski definition) is 3. The summed E-state index contributed by atoms with van der Waals surface area (Å²) in [7, 11) is 0. The summed E-state index contributed by atoms with van der Waals surface area (Å²) in [5, 5.41) is 2.90. The zero-order valence-corrected chi connectivity index (χ0v) is 15.0. The first-order valence-electron chi connectivity index (χ1n) is 8.26. The van der Waals surface area contributed by atoms with Crippen molar-refractivity contribution in [1.82, 2.24) is 0 Å². The Morgan fingerprint density at radius 1 is 1.04 bits per heavy atom. The number of carbonyl (C=O) groups is 2. The summed E-state index contributed by atoms with van der Waals surface area (Å²) in [6.07, 6.45) is 2.46. The van der Waals surface area contributed by atoms with Crippen LogP contribution in [0.4, 0.5) is 5.69 Å². The molecule has 1 aliphatic rings. The molecule has 26 heavy (non-hydrogen) atoms. The summed E-state index contributed by atoms with van der Waals surface area (Å²) >= 11 is 0. The number of ether oxygens (including phenoxy) is 1. The van der Waals surface area contributed by atoms with Crippen LogP contribution in [0.2, 0.25) is 0 Å². The topological polar surface area (TPSA) is 107 Å². The standard InChI is InChI=1S/C19H21N3O3.ClH/c20-13-6-5-12(11-13)19(24)22-14-7-9-15(10-8-14)25-17-4-2-1-3-16(17)18(21)23;/h1-4,7-10,12-13H,5-6,11,20H2,(H2,21,23)(H,22,24);1H. The van der Waals surface area contributed by atoms with E-state index in [2.05, 4.69) is 5.32 Å². The third-order valence-corrected chi connectivity index (χ3v) is 4.35. The zero-order valence-electron chi connectivity index (χ0n) is 14.2. The molecule has 5 N–H and O–H groups in total. The van der Waals surface area contributed by atoms with Crippen molar-refractivity contribution >= 4 is 29.9 Å². The van der Waals surface area contributed by atoms with E-state index in [1.54, 1.807) is 48.5 Å². The van der Waals surface area contributed by atoms with Crippen LogP contribution < -0.4 is 21.5 Å². The minimum Gasteiger partial charge on any atom is -0.457 e. The van der Waals surface area contributed by atoms with Gasteiger partial charge in [-0.3, -0.25) is 9.59 Å². The second-order valence-electron chi connectivity index (χ2n) is 6.25. The number of nitrogens with two attached hydrogens (primary N) is 2. The molecule has 7 heteroatoms. The largest absolute Gasteiger partial charge is 0.457 e. The van der Waals surface area contributed by atoms with Crippen LogP contribution in [0, 0.1) is 5.92 Å². The van der Waals surface area contributed by atoms with Crippen molar-refractivity contribution in [1.29, 1.82) is 0 Å². The smallest absolute Gasteiger partial charge is 0.252 e. The van der Waals surface area contributed by atoms with Crippen molar-refractivity contribution in [3.63, 3.8) is 0 Å². The molecule has 6 nitrogen and oxygen atoms in total. The predicted octanol–water partition coefficient (Wildman–Crippen LogP) is 3.07. The van der Waals surface area contributed by atoms with Gasteiger partial charge in [0.2, 0.25) is 5.91 Å².